The van der Waals surface area contributed by atoms with Gasteiger partial charge in [-0.05, 0) is 0 Å². The molecule has 2 atom stereocenters. The van der Waals surface area contributed by atoms with E-state index in [1.54, 1.807) is 0 Å². The van der Waals surface area contributed by atoms with Crippen molar-refractivity contribution >= 4 is 24.3 Å². The minimum atomic E-state index is -2.49. The third-order valence-electron chi connectivity index (χ3n) is 8.41. The Bertz CT molecular complexity index is 768. The Labute approximate surface area is 218 Å². The van der Waals surface area contributed by atoms with Crippen molar-refractivity contribution in [2.24, 2.45) is 5.92 Å². The predicted octanol–water partition coefficient (Wildman–Crippen LogP) is 6.85. The first-order valence-corrected chi connectivity index (χ1v) is 22.1. The molecule has 0 radical (unpaired) electrons. The second-order valence-corrected chi connectivity index (χ2v) is 24.1. The van der Waals surface area contributed by atoms with Gasteiger partial charge in [-0.2, -0.15) is 0 Å². The number of carbonyl (C=O) groups excluding carboxylic acids is 1. The van der Waals surface area contributed by atoms with Gasteiger partial charge in [0.1, 0.15) is 0 Å². The zero-order valence-electron chi connectivity index (χ0n) is 22.5. The molecule has 0 unspecified atom stereocenters. The molecule has 3 fully saturated rings. The number of hydrogen-bond acceptors (Lipinski definition) is 4. The quantitative estimate of drug-likeness (QED) is 0.180. The molecular formula is C30H49NO3Sn. The molecule has 35 heavy (non-hydrogen) atoms. The van der Waals surface area contributed by atoms with Crippen molar-refractivity contribution in [3.8, 4) is 0 Å². The van der Waals surface area contributed by atoms with E-state index in [2.05, 4.69) is 35.8 Å². The average molecular weight is 590 g/mol. The van der Waals surface area contributed by atoms with Gasteiger partial charge in [0.2, 0.25) is 0 Å². The molecule has 196 valence electrons. The molecule has 1 aromatic rings. The van der Waals surface area contributed by atoms with Gasteiger partial charge in [-0.3, -0.25) is 0 Å². The van der Waals surface area contributed by atoms with Gasteiger partial charge < -0.3 is 0 Å². The standard InChI is InChI=1S/C18H22NO3.3C4H9.Sn/c1-2-10-18(21,15-6-4-3-5-7-15)17(20)22-16-13-19-11-8-14(16)9-12-19;3*1-3-4-2;/h1-7,14,16,21H,8-13H2;3*1,3-4H2,2H3;/t16-,18+;;;;/m0..../s1. The first kappa shape index (κ1) is 28.7. The van der Waals surface area contributed by atoms with Crippen molar-refractivity contribution in [3.05, 3.63) is 46.1 Å². The van der Waals surface area contributed by atoms with Crippen molar-refractivity contribution in [2.45, 2.75) is 104 Å². The van der Waals surface area contributed by atoms with E-state index in [0.29, 0.717) is 17.9 Å². The van der Waals surface area contributed by atoms with E-state index in [1.807, 2.05) is 30.3 Å². The third-order valence-corrected chi connectivity index (χ3v) is 22.7. The van der Waals surface area contributed by atoms with Crippen LogP contribution in [0.3, 0.4) is 0 Å². The van der Waals surface area contributed by atoms with Gasteiger partial charge in [-0.15, -0.1) is 0 Å². The summed E-state index contributed by atoms with van der Waals surface area (Å²) in [6.45, 7) is 9.89. The zero-order valence-corrected chi connectivity index (χ0v) is 25.4. The van der Waals surface area contributed by atoms with Gasteiger partial charge in [-0.1, -0.05) is 0 Å². The molecule has 1 N–H and O–H groups in total. The number of carbonyl (C=O) groups is 1. The van der Waals surface area contributed by atoms with Crippen molar-refractivity contribution in [2.75, 3.05) is 19.6 Å². The van der Waals surface area contributed by atoms with Gasteiger partial charge in [0.05, 0.1) is 0 Å². The topological polar surface area (TPSA) is 49.8 Å². The molecule has 0 aliphatic carbocycles. The fourth-order valence-corrected chi connectivity index (χ4v) is 20.4. The average Bonchev–Trinajstić information content (AvgIpc) is 2.90. The Balaban J connectivity index is 1.81. The number of ether oxygens (including phenoxy) is 1. The van der Waals surface area contributed by atoms with E-state index >= 15 is 0 Å². The number of hydrogen-bond donors (Lipinski definition) is 1. The van der Waals surface area contributed by atoms with Crippen LogP contribution in [0.15, 0.2) is 40.5 Å². The van der Waals surface area contributed by atoms with Crippen LogP contribution >= 0.6 is 0 Å². The second kappa shape index (κ2) is 14.2. The van der Waals surface area contributed by atoms with E-state index < -0.39 is 29.9 Å². The van der Waals surface area contributed by atoms with Crippen LogP contribution in [0.1, 0.15) is 84.1 Å². The summed E-state index contributed by atoms with van der Waals surface area (Å²) < 4.78 is 12.8. The Morgan fingerprint density at radius 3 is 2.09 bits per heavy atom. The number of piperidine rings is 3. The molecule has 3 saturated heterocycles. The number of rotatable bonds is 15. The molecule has 0 amide bonds. The summed E-state index contributed by atoms with van der Waals surface area (Å²) in [6.07, 6.45) is 12.2. The third kappa shape index (κ3) is 7.82. The number of unbranched alkanes of at least 4 members (excludes halogenated alkanes) is 3. The molecule has 3 aliphatic rings. The normalized spacial score (nSPS) is 23.9. The molecule has 5 heteroatoms. The second-order valence-electron chi connectivity index (χ2n) is 11.1. The molecule has 0 spiro atoms. The molecule has 3 heterocycles. The number of fused-ring (bicyclic) bond motifs is 3. The summed E-state index contributed by atoms with van der Waals surface area (Å²) in [5, 5.41) is 11.9. The van der Waals surface area contributed by atoms with Gasteiger partial charge in [-0.25, -0.2) is 0 Å². The first-order chi connectivity index (χ1) is 17.0. The molecular weight excluding hydrogens is 541 g/mol. The van der Waals surface area contributed by atoms with Crippen LogP contribution in [0.5, 0.6) is 0 Å². The Kier molecular flexibility index (Phi) is 11.6. The van der Waals surface area contributed by atoms with E-state index in [4.69, 9.17) is 4.74 Å². The summed E-state index contributed by atoms with van der Waals surface area (Å²) in [5.74, 6) is -0.0379. The van der Waals surface area contributed by atoms with Crippen molar-refractivity contribution in [3.63, 3.8) is 0 Å². The van der Waals surface area contributed by atoms with Crippen LogP contribution in [-0.2, 0) is 15.1 Å². The van der Waals surface area contributed by atoms with Gasteiger partial charge in [0, 0.05) is 0 Å². The molecule has 0 aromatic heterocycles. The maximum atomic E-state index is 13.6. The van der Waals surface area contributed by atoms with E-state index in [-0.39, 0.29) is 6.10 Å². The molecule has 3 aliphatic heterocycles. The van der Waals surface area contributed by atoms with Crippen molar-refractivity contribution in [1.29, 1.82) is 0 Å². The van der Waals surface area contributed by atoms with Crippen molar-refractivity contribution in [1.82, 2.24) is 4.90 Å². The van der Waals surface area contributed by atoms with E-state index in [9.17, 15) is 9.90 Å². The Morgan fingerprint density at radius 1 is 1.03 bits per heavy atom. The first-order valence-electron chi connectivity index (χ1n) is 14.4. The predicted molar refractivity (Wildman–Crippen MR) is 148 cm³/mol. The van der Waals surface area contributed by atoms with Crippen LogP contribution in [0, 0.1) is 5.92 Å². The molecule has 2 bridgehead atoms. The summed E-state index contributed by atoms with van der Waals surface area (Å²) in [6, 6.07) is 9.47. The monoisotopic (exact) mass is 591 g/mol. The Hall–Kier alpha value is -0.851. The van der Waals surface area contributed by atoms with Gasteiger partial charge in [0.25, 0.3) is 0 Å². The van der Waals surface area contributed by atoms with E-state index in [1.165, 1.54) is 51.8 Å². The zero-order chi connectivity index (χ0) is 25.2. The Morgan fingerprint density at radius 2 is 1.60 bits per heavy atom. The molecule has 4 nitrogen and oxygen atoms in total. The van der Waals surface area contributed by atoms with Crippen LogP contribution in [0.25, 0.3) is 0 Å². The van der Waals surface area contributed by atoms with Crippen LogP contribution < -0.4 is 0 Å². The van der Waals surface area contributed by atoms with E-state index in [0.717, 1.165) is 32.5 Å². The van der Waals surface area contributed by atoms with Gasteiger partial charge >= 0.3 is 219 Å². The summed E-state index contributed by atoms with van der Waals surface area (Å²) in [4.78, 5) is 16.0. The molecule has 4 rings (SSSR count). The van der Waals surface area contributed by atoms with Crippen molar-refractivity contribution < 1.29 is 14.6 Å². The molecule has 1 aromatic carbocycles. The minimum absolute atomic E-state index is 0.0962. The van der Waals surface area contributed by atoms with Crippen LogP contribution in [-0.4, -0.2) is 60.1 Å². The van der Waals surface area contributed by atoms with Crippen LogP contribution in [0.4, 0.5) is 0 Å². The number of esters is 1. The SMILES string of the molecule is CCC[CH2][Sn](/[CH]=C/C[C@](O)(C(=O)O[C@H]1CN2CCC1CC2)c1ccccc1)([CH2]CCC)[CH2]CCC. The summed E-state index contributed by atoms with van der Waals surface area (Å²) in [5.41, 5.74) is -0.978. The summed E-state index contributed by atoms with van der Waals surface area (Å²) in [7, 11) is 0. The van der Waals surface area contributed by atoms with Gasteiger partial charge in [0.15, 0.2) is 0 Å². The number of nitrogens with zero attached hydrogens (tertiary/aromatic N) is 1. The summed E-state index contributed by atoms with van der Waals surface area (Å²) >= 11 is -2.49. The molecule has 0 saturated carbocycles. The maximum absolute atomic E-state index is 13.6. The number of benzene rings is 1. The number of aliphatic hydroxyl groups is 1. The fraction of sp³-hybridized carbons (Fsp3) is 0.700. The fourth-order valence-electron chi connectivity index (χ4n) is 6.00. The van der Waals surface area contributed by atoms with Crippen LogP contribution in [0.2, 0.25) is 13.3 Å².